The van der Waals surface area contributed by atoms with Crippen LogP contribution in [0.15, 0.2) is 0 Å². The third-order valence-electron chi connectivity index (χ3n) is 2.25. The lowest BCUT2D eigenvalue weighted by Gasteiger charge is -2.39. The first kappa shape index (κ1) is 9.83. The molecular formula is C8H14N2O3. The van der Waals surface area contributed by atoms with E-state index < -0.39 is 11.6 Å². The summed E-state index contributed by atoms with van der Waals surface area (Å²) in [5.74, 6) is -0.149. The standard InChI is InChI=1S/C8H14N2O3/c1-8(2)6(11)9-4-5-10(8)7(12)13-3/h4-5H2,1-3H3,(H,9,11). The fourth-order valence-electron chi connectivity index (χ4n) is 1.33. The predicted octanol–water partition coefficient (Wildman–Crippen LogP) is -0.0368. The summed E-state index contributed by atoms with van der Waals surface area (Å²) in [6.07, 6.45) is -0.458. The van der Waals surface area contributed by atoms with Crippen LogP contribution in [0.5, 0.6) is 0 Å². The summed E-state index contributed by atoms with van der Waals surface area (Å²) >= 11 is 0. The number of hydrogen-bond donors (Lipinski definition) is 1. The molecule has 74 valence electrons. The van der Waals surface area contributed by atoms with Crippen molar-refractivity contribution in [2.24, 2.45) is 0 Å². The van der Waals surface area contributed by atoms with Crippen molar-refractivity contribution in [1.82, 2.24) is 10.2 Å². The van der Waals surface area contributed by atoms with Crippen LogP contribution in [0.2, 0.25) is 0 Å². The van der Waals surface area contributed by atoms with Gasteiger partial charge in [0.2, 0.25) is 5.91 Å². The molecule has 13 heavy (non-hydrogen) atoms. The minimum atomic E-state index is -0.814. The highest BCUT2D eigenvalue weighted by atomic mass is 16.5. The van der Waals surface area contributed by atoms with E-state index in [1.807, 2.05) is 0 Å². The van der Waals surface area contributed by atoms with Gasteiger partial charge in [0.15, 0.2) is 0 Å². The molecule has 0 unspecified atom stereocenters. The maximum atomic E-state index is 11.4. The molecule has 1 heterocycles. The molecule has 0 aromatic heterocycles. The van der Waals surface area contributed by atoms with Crippen molar-refractivity contribution in [3.63, 3.8) is 0 Å². The lowest BCUT2D eigenvalue weighted by atomic mass is 10.00. The van der Waals surface area contributed by atoms with E-state index in [-0.39, 0.29) is 5.91 Å². The normalized spacial score (nSPS) is 20.8. The predicted molar refractivity (Wildman–Crippen MR) is 46.2 cm³/mol. The largest absolute Gasteiger partial charge is 0.453 e. The highest BCUT2D eigenvalue weighted by Gasteiger charge is 2.40. The van der Waals surface area contributed by atoms with E-state index in [0.717, 1.165) is 0 Å². The highest BCUT2D eigenvalue weighted by molar-refractivity contribution is 5.90. The lowest BCUT2D eigenvalue weighted by molar-refractivity contribution is -0.133. The maximum absolute atomic E-state index is 11.4. The Morgan fingerprint density at radius 2 is 2.23 bits per heavy atom. The van der Waals surface area contributed by atoms with Crippen molar-refractivity contribution >= 4 is 12.0 Å². The Morgan fingerprint density at radius 3 is 2.77 bits per heavy atom. The zero-order valence-corrected chi connectivity index (χ0v) is 8.09. The van der Waals surface area contributed by atoms with Crippen molar-refractivity contribution in [3.8, 4) is 0 Å². The van der Waals surface area contributed by atoms with Crippen LogP contribution in [0.4, 0.5) is 4.79 Å². The molecular weight excluding hydrogens is 172 g/mol. The summed E-state index contributed by atoms with van der Waals surface area (Å²) in [7, 11) is 1.31. The Balaban J connectivity index is 2.83. The molecule has 0 aromatic rings. The van der Waals surface area contributed by atoms with E-state index >= 15 is 0 Å². The zero-order valence-electron chi connectivity index (χ0n) is 8.09. The fourth-order valence-corrected chi connectivity index (χ4v) is 1.33. The van der Waals surface area contributed by atoms with Gasteiger partial charge in [-0.3, -0.25) is 9.69 Å². The van der Waals surface area contributed by atoms with E-state index in [1.165, 1.54) is 12.0 Å². The first-order valence-electron chi connectivity index (χ1n) is 4.14. The van der Waals surface area contributed by atoms with Gasteiger partial charge >= 0.3 is 6.09 Å². The van der Waals surface area contributed by atoms with Crippen LogP contribution in [0.1, 0.15) is 13.8 Å². The molecule has 1 saturated heterocycles. The maximum Gasteiger partial charge on any atom is 0.410 e. The van der Waals surface area contributed by atoms with Crippen molar-refractivity contribution in [2.75, 3.05) is 20.2 Å². The summed E-state index contributed by atoms with van der Waals surface area (Å²) in [6, 6.07) is 0. The molecule has 1 rings (SSSR count). The Bertz CT molecular complexity index is 238. The van der Waals surface area contributed by atoms with E-state index in [2.05, 4.69) is 10.1 Å². The monoisotopic (exact) mass is 186 g/mol. The quantitative estimate of drug-likeness (QED) is 0.577. The number of nitrogens with zero attached hydrogens (tertiary/aromatic N) is 1. The molecule has 0 radical (unpaired) electrons. The smallest absolute Gasteiger partial charge is 0.410 e. The number of ether oxygens (including phenoxy) is 1. The summed E-state index contributed by atoms with van der Waals surface area (Å²) in [4.78, 5) is 24.1. The Hall–Kier alpha value is -1.26. The molecule has 0 aromatic carbocycles. The van der Waals surface area contributed by atoms with Gasteiger partial charge in [0, 0.05) is 13.1 Å². The van der Waals surface area contributed by atoms with Crippen molar-refractivity contribution in [1.29, 1.82) is 0 Å². The number of hydrogen-bond acceptors (Lipinski definition) is 3. The molecule has 2 amide bonds. The number of carbonyl (C=O) groups excluding carboxylic acids is 2. The van der Waals surface area contributed by atoms with Crippen LogP contribution in [0, 0.1) is 0 Å². The van der Waals surface area contributed by atoms with Crippen LogP contribution < -0.4 is 5.32 Å². The molecule has 0 aliphatic carbocycles. The van der Waals surface area contributed by atoms with Gasteiger partial charge in [-0.15, -0.1) is 0 Å². The van der Waals surface area contributed by atoms with Gasteiger partial charge in [-0.25, -0.2) is 4.79 Å². The van der Waals surface area contributed by atoms with Crippen molar-refractivity contribution in [2.45, 2.75) is 19.4 Å². The number of nitrogens with one attached hydrogen (secondary N) is 1. The van der Waals surface area contributed by atoms with Crippen LogP contribution >= 0.6 is 0 Å². The van der Waals surface area contributed by atoms with E-state index in [0.29, 0.717) is 13.1 Å². The van der Waals surface area contributed by atoms with Gasteiger partial charge in [0.1, 0.15) is 5.54 Å². The first-order valence-corrected chi connectivity index (χ1v) is 4.14. The number of piperazine rings is 1. The van der Waals surface area contributed by atoms with Crippen LogP contribution in [-0.2, 0) is 9.53 Å². The fraction of sp³-hybridized carbons (Fsp3) is 0.750. The topological polar surface area (TPSA) is 58.6 Å². The van der Waals surface area contributed by atoms with Crippen LogP contribution in [0.25, 0.3) is 0 Å². The second kappa shape index (κ2) is 3.24. The molecule has 1 fully saturated rings. The van der Waals surface area contributed by atoms with E-state index in [1.54, 1.807) is 13.8 Å². The third kappa shape index (κ3) is 1.59. The second-order valence-corrected chi connectivity index (χ2v) is 3.44. The summed E-state index contributed by atoms with van der Waals surface area (Å²) < 4.78 is 4.58. The molecule has 0 atom stereocenters. The Morgan fingerprint density at radius 1 is 1.62 bits per heavy atom. The molecule has 1 aliphatic heterocycles. The molecule has 1 N–H and O–H groups in total. The number of carbonyl (C=O) groups is 2. The minimum absolute atomic E-state index is 0.149. The molecule has 0 saturated carbocycles. The molecule has 1 aliphatic rings. The highest BCUT2D eigenvalue weighted by Crippen LogP contribution is 2.18. The zero-order chi connectivity index (χ0) is 10.1. The Kier molecular flexibility index (Phi) is 2.45. The van der Waals surface area contributed by atoms with Crippen molar-refractivity contribution < 1.29 is 14.3 Å². The third-order valence-corrected chi connectivity index (χ3v) is 2.25. The van der Waals surface area contributed by atoms with E-state index in [9.17, 15) is 9.59 Å². The van der Waals surface area contributed by atoms with Gasteiger partial charge in [0.25, 0.3) is 0 Å². The van der Waals surface area contributed by atoms with Gasteiger partial charge in [0.05, 0.1) is 7.11 Å². The number of rotatable bonds is 0. The minimum Gasteiger partial charge on any atom is -0.453 e. The van der Waals surface area contributed by atoms with Crippen LogP contribution in [0.3, 0.4) is 0 Å². The lowest BCUT2D eigenvalue weighted by Crippen LogP contribution is -2.63. The average molecular weight is 186 g/mol. The molecule has 0 spiro atoms. The van der Waals surface area contributed by atoms with Gasteiger partial charge in [-0.1, -0.05) is 0 Å². The molecule has 0 bridgehead atoms. The second-order valence-electron chi connectivity index (χ2n) is 3.44. The van der Waals surface area contributed by atoms with Gasteiger partial charge in [-0.05, 0) is 13.8 Å². The molecule has 5 nitrogen and oxygen atoms in total. The number of methoxy groups -OCH3 is 1. The van der Waals surface area contributed by atoms with Gasteiger partial charge < -0.3 is 10.1 Å². The SMILES string of the molecule is COC(=O)N1CCNC(=O)C1(C)C. The molecule has 5 heteroatoms. The number of amides is 2. The summed E-state index contributed by atoms with van der Waals surface area (Å²) in [5, 5.41) is 2.69. The van der Waals surface area contributed by atoms with E-state index in [4.69, 9.17) is 0 Å². The van der Waals surface area contributed by atoms with Crippen molar-refractivity contribution in [3.05, 3.63) is 0 Å². The first-order chi connectivity index (χ1) is 6.00. The summed E-state index contributed by atoms with van der Waals surface area (Å²) in [6.45, 7) is 4.36. The van der Waals surface area contributed by atoms with Gasteiger partial charge in [-0.2, -0.15) is 0 Å². The summed E-state index contributed by atoms with van der Waals surface area (Å²) in [5.41, 5.74) is -0.814. The Labute approximate surface area is 77.0 Å². The average Bonchev–Trinajstić information content (AvgIpc) is 2.08. The van der Waals surface area contributed by atoms with Crippen LogP contribution in [-0.4, -0.2) is 42.6 Å².